The minimum atomic E-state index is -0.468. The Morgan fingerprint density at radius 2 is 1.69 bits per heavy atom. The fourth-order valence-corrected chi connectivity index (χ4v) is 4.38. The maximum atomic E-state index is 12.5. The highest BCUT2D eigenvalue weighted by atomic mass is 35.5. The molecule has 3 rings (SSSR count). The van der Waals surface area contributed by atoms with Crippen LogP contribution in [0.5, 0.6) is 0 Å². The molecule has 166 valence electrons. The third kappa shape index (κ3) is 6.03. The number of fused-ring (bicyclic) bond motifs is 1. The summed E-state index contributed by atoms with van der Waals surface area (Å²) >= 11 is 12.6. The van der Waals surface area contributed by atoms with Crippen LogP contribution in [-0.4, -0.2) is 22.8 Å². The number of amides is 3. The highest BCUT2D eigenvalue weighted by Crippen LogP contribution is 2.34. The van der Waals surface area contributed by atoms with Crippen LogP contribution in [0.3, 0.4) is 0 Å². The Balaban J connectivity index is 1.52. The maximum Gasteiger partial charge on any atom is 0.269 e. The van der Waals surface area contributed by atoms with Gasteiger partial charge < -0.3 is 5.32 Å². The third-order valence-electron chi connectivity index (χ3n) is 4.28. The van der Waals surface area contributed by atoms with E-state index in [1.54, 1.807) is 24.3 Å². The Kier molecular flexibility index (Phi) is 7.79. The maximum absolute atomic E-state index is 12.5. The van der Waals surface area contributed by atoms with Crippen molar-refractivity contribution in [2.45, 2.75) is 20.3 Å². The zero-order valence-corrected chi connectivity index (χ0v) is 19.7. The van der Waals surface area contributed by atoms with Crippen LogP contribution in [0.15, 0.2) is 48.5 Å². The molecule has 1 heterocycles. The van der Waals surface area contributed by atoms with Gasteiger partial charge >= 0.3 is 0 Å². The summed E-state index contributed by atoms with van der Waals surface area (Å²) in [4.78, 5) is 37.0. The predicted octanol–water partition coefficient (Wildman–Crippen LogP) is 4.49. The molecule has 0 saturated carbocycles. The number of carbonyl (C=O) groups is 3. The highest BCUT2D eigenvalue weighted by Gasteiger charge is 2.18. The summed E-state index contributed by atoms with van der Waals surface area (Å²) in [5.41, 5.74) is 5.86. The van der Waals surface area contributed by atoms with Crippen molar-refractivity contribution < 1.29 is 14.4 Å². The fraction of sp³-hybridized carbons (Fsp3) is 0.182. The molecule has 0 fully saturated rings. The van der Waals surface area contributed by atoms with Crippen LogP contribution in [0, 0.1) is 5.92 Å². The number of anilines is 1. The number of rotatable bonds is 5. The molecule has 0 saturated heterocycles. The lowest BCUT2D eigenvalue weighted by atomic mass is 10.1. The molecule has 4 N–H and O–H groups in total. The van der Waals surface area contributed by atoms with Crippen LogP contribution in [0.1, 0.15) is 40.3 Å². The van der Waals surface area contributed by atoms with Crippen molar-refractivity contribution in [3.63, 3.8) is 0 Å². The van der Waals surface area contributed by atoms with Crippen molar-refractivity contribution in [3.05, 3.63) is 64.0 Å². The molecule has 32 heavy (non-hydrogen) atoms. The largest absolute Gasteiger partial charge is 0.326 e. The summed E-state index contributed by atoms with van der Waals surface area (Å²) < 4.78 is 0.888. The Bertz CT molecular complexity index is 1180. The molecular weight excluding hydrogens is 468 g/mol. The van der Waals surface area contributed by atoms with E-state index in [1.807, 2.05) is 38.1 Å². The molecule has 7 nitrogen and oxygen atoms in total. The number of thiocarbonyl (C=S) groups is 1. The van der Waals surface area contributed by atoms with Crippen molar-refractivity contribution in [1.82, 2.24) is 16.2 Å². The van der Waals surface area contributed by atoms with Gasteiger partial charge in [-0.25, -0.2) is 0 Å². The van der Waals surface area contributed by atoms with Gasteiger partial charge in [-0.15, -0.1) is 11.3 Å². The van der Waals surface area contributed by atoms with Crippen LogP contribution < -0.4 is 21.5 Å². The van der Waals surface area contributed by atoms with Crippen molar-refractivity contribution >= 4 is 73.8 Å². The van der Waals surface area contributed by atoms with E-state index in [2.05, 4.69) is 21.5 Å². The number of nitrogens with one attached hydrogen (secondary N) is 4. The summed E-state index contributed by atoms with van der Waals surface area (Å²) in [6.07, 6.45) is 0.419. The zero-order chi connectivity index (χ0) is 23.3. The Hall–Kier alpha value is -3.01. The first-order valence-electron chi connectivity index (χ1n) is 9.73. The molecule has 1 aromatic heterocycles. The lowest BCUT2D eigenvalue weighted by Gasteiger charge is -2.11. The molecule has 0 radical (unpaired) electrons. The van der Waals surface area contributed by atoms with Gasteiger partial charge in [-0.2, -0.15) is 0 Å². The lowest BCUT2D eigenvalue weighted by molar-refractivity contribution is -0.116. The van der Waals surface area contributed by atoms with Gasteiger partial charge in [0.2, 0.25) is 5.91 Å². The molecule has 0 spiro atoms. The topological polar surface area (TPSA) is 99.3 Å². The first kappa shape index (κ1) is 23.6. The molecule has 0 bridgehead atoms. The normalized spacial score (nSPS) is 10.6. The molecule has 2 aromatic carbocycles. The highest BCUT2D eigenvalue weighted by molar-refractivity contribution is 7.80. The van der Waals surface area contributed by atoms with Crippen molar-refractivity contribution in [2.75, 3.05) is 5.32 Å². The van der Waals surface area contributed by atoms with Crippen LogP contribution >= 0.6 is 35.2 Å². The minimum absolute atomic E-state index is 0.0746. The summed E-state index contributed by atoms with van der Waals surface area (Å²) in [5, 5.41) is 6.35. The molecule has 0 atom stereocenters. The van der Waals surface area contributed by atoms with Crippen molar-refractivity contribution in [3.8, 4) is 0 Å². The van der Waals surface area contributed by atoms with Gasteiger partial charge in [0.25, 0.3) is 11.8 Å². The van der Waals surface area contributed by atoms with E-state index in [0.29, 0.717) is 27.6 Å². The van der Waals surface area contributed by atoms with E-state index >= 15 is 0 Å². The second-order valence-electron chi connectivity index (χ2n) is 7.33. The molecule has 0 aliphatic carbocycles. The van der Waals surface area contributed by atoms with E-state index in [0.717, 1.165) is 10.1 Å². The molecule has 3 amide bonds. The SMILES string of the molecule is CC(C)CC(=O)Nc1ccc(C(=O)NNC(=S)NC(=O)c2sc3ccccc3c2Cl)cc1. The average molecular weight is 489 g/mol. The zero-order valence-electron chi connectivity index (χ0n) is 17.3. The summed E-state index contributed by atoms with van der Waals surface area (Å²) in [6, 6.07) is 13.8. The Morgan fingerprint density at radius 3 is 2.34 bits per heavy atom. The monoisotopic (exact) mass is 488 g/mol. The molecule has 0 aliphatic heterocycles. The number of carbonyl (C=O) groups excluding carboxylic acids is 3. The second kappa shape index (κ2) is 10.5. The van der Waals surface area contributed by atoms with Gasteiger partial charge in [-0.1, -0.05) is 43.6 Å². The van der Waals surface area contributed by atoms with Gasteiger partial charge in [0.05, 0.1) is 5.02 Å². The molecule has 0 aliphatic rings. The van der Waals surface area contributed by atoms with Gasteiger partial charge in [0.15, 0.2) is 5.11 Å². The van der Waals surface area contributed by atoms with E-state index < -0.39 is 11.8 Å². The first-order chi connectivity index (χ1) is 15.2. The standard InChI is InChI=1S/C22H21ClN4O3S2/c1-12(2)11-17(28)24-14-9-7-13(8-10-14)20(29)26-27-22(31)25-21(30)19-18(23)15-5-3-4-6-16(15)32-19/h3-10,12H,11H2,1-2H3,(H,24,28)(H,26,29)(H2,25,27,30,31). The summed E-state index contributed by atoms with van der Waals surface area (Å²) in [6.45, 7) is 3.92. The molecule has 10 heteroatoms. The number of hydrazine groups is 1. The van der Waals surface area contributed by atoms with Gasteiger partial charge in [0, 0.05) is 27.8 Å². The predicted molar refractivity (Wildman–Crippen MR) is 132 cm³/mol. The van der Waals surface area contributed by atoms with Crippen LogP contribution in [0.4, 0.5) is 5.69 Å². The third-order valence-corrected chi connectivity index (χ3v) is 6.16. The van der Waals surface area contributed by atoms with E-state index in [-0.39, 0.29) is 16.9 Å². The first-order valence-corrected chi connectivity index (χ1v) is 11.3. The van der Waals surface area contributed by atoms with Crippen LogP contribution in [-0.2, 0) is 4.79 Å². The summed E-state index contributed by atoms with van der Waals surface area (Å²) in [7, 11) is 0. The average Bonchev–Trinajstić information content (AvgIpc) is 3.09. The van der Waals surface area contributed by atoms with E-state index in [1.165, 1.54) is 11.3 Å². The number of benzene rings is 2. The van der Waals surface area contributed by atoms with Gasteiger partial charge in [-0.05, 0) is 48.5 Å². The number of hydrogen-bond acceptors (Lipinski definition) is 5. The number of hydrogen-bond donors (Lipinski definition) is 4. The molecular formula is C22H21ClN4O3S2. The smallest absolute Gasteiger partial charge is 0.269 e. The van der Waals surface area contributed by atoms with Crippen LogP contribution in [0.25, 0.3) is 10.1 Å². The van der Waals surface area contributed by atoms with E-state index in [4.69, 9.17) is 23.8 Å². The van der Waals surface area contributed by atoms with E-state index in [9.17, 15) is 14.4 Å². The van der Waals surface area contributed by atoms with Gasteiger partial charge in [0.1, 0.15) is 4.88 Å². The Morgan fingerprint density at radius 1 is 1.00 bits per heavy atom. The van der Waals surface area contributed by atoms with Crippen molar-refractivity contribution in [2.24, 2.45) is 5.92 Å². The van der Waals surface area contributed by atoms with Gasteiger partial charge in [-0.3, -0.25) is 30.6 Å². The quantitative estimate of drug-likeness (QED) is 0.313. The number of thiophene rings is 1. The second-order valence-corrected chi connectivity index (χ2v) is 9.17. The molecule has 3 aromatic rings. The number of halogens is 1. The minimum Gasteiger partial charge on any atom is -0.326 e. The fourth-order valence-electron chi connectivity index (χ4n) is 2.82. The Labute approximate surface area is 199 Å². The van der Waals surface area contributed by atoms with Crippen molar-refractivity contribution in [1.29, 1.82) is 0 Å². The van der Waals surface area contributed by atoms with Crippen LogP contribution in [0.2, 0.25) is 5.02 Å². The molecule has 0 unspecified atom stereocenters. The summed E-state index contributed by atoms with van der Waals surface area (Å²) in [5.74, 6) is -0.755. The lowest BCUT2D eigenvalue weighted by Crippen LogP contribution is -2.48.